The molecule has 0 fully saturated rings. The number of imidazole rings is 1. The molecule has 0 aliphatic carbocycles. The third-order valence-electron chi connectivity index (χ3n) is 2.75. The first-order chi connectivity index (χ1) is 8.74. The van der Waals surface area contributed by atoms with Crippen LogP contribution in [-0.4, -0.2) is 19.5 Å². The van der Waals surface area contributed by atoms with Crippen LogP contribution in [-0.2, 0) is 7.05 Å². The average Bonchev–Trinajstić information content (AvgIpc) is 2.66. The highest BCUT2D eigenvalue weighted by Gasteiger charge is 2.05. The summed E-state index contributed by atoms with van der Waals surface area (Å²) in [7, 11) is 1.89. The molecule has 0 atom stereocenters. The maximum Gasteiger partial charge on any atom is 0.200 e. The van der Waals surface area contributed by atoms with E-state index in [1.807, 2.05) is 29.8 Å². The number of hydrogen-bond acceptors (Lipinski definition) is 5. The molecule has 2 aromatic heterocycles. The van der Waals surface area contributed by atoms with Gasteiger partial charge in [0.25, 0.3) is 0 Å². The van der Waals surface area contributed by atoms with Crippen LogP contribution in [0.2, 0.25) is 0 Å². The average molecular weight is 240 g/mol. The van der Waals surface area contributed by atoms with Crippen molar-refractivity contribution < 1.29 is 0 Å². The number of aromatic nitrogens is 4. The lowest BCUT2D eigenvalue weighted by atomic mass is 10.2. The van der Waals surface area contributed by atoms with Gasteiger partial charge in [-0.3, -0.25) is 4.98 Å². The fraction of sp³-hybridized carbons (Fsp3) is 0.0833. The molecule has 1 aromatic carbocycles. The van der Waals surface area contributed by atoms with Gasteiger partial charge in [0, 0.05) is 25.1 Å². The van der Waals surface area contributed by atoms with Crippen molar-refractivity contribution in [3.05, 3.63) is 36.8 Å². The first-order valence-corrected chi connectivity index (χ1v) is 5.49. The lowest BCUT2D eigenvalue weighted by Crippen LogP contribution is -1.96. The molecule has 90 valence electrons. The summed E-state index contributed by atoms with van der Waals surface area (Å²) in [5.74, 6) is 1.20. The summed E-state index contributed by atoms with van der Waals surface area (Å²) in [6.45, 7) is 0. The molecule has 0 aliphatic rings. The number of nitrogens with one attached hydrogen (secondary N) is 1. The summed E-state index contributed by atoms with van der Waals surface area (Å²) in [5.41, 5.74) is 8.52. The number of anilines is 3. The summed E-state index contributed by atoms with van der Waals surface area (Å²) in [4.78, 5) is 12.4. The molecule has 0 saturated carbocycles. The maximum atomic E-state index is 5.76. The Labute approximate surface area is 104 Å². The van der Waals surface area contributed by atoms with Crippen molar-refractivity contribution in [1.82, 2.24) is 19.5 Å². The second kappa shape index (κ2) is 3.99. The van der Waals surface area contributed by atoms with E-state index in [2.05, 4.69) is 20.3 Å². The number of nitrogens with two attached hydrogens (primary N) is 1. The molecule has 0 unspecified atom stereocenters. The van der Waals surface area contributed by atoms with Crippen LogP contribution in [0.3, 0.4) is 0 Å². The Kier molecular flexibility index (Phi) is 2.33. The van der Waals surface area contributed by atoms with Gasteiger partial charge in [0.15, 0.2) is 0 Å². The Bertz CT molecular complexity index is 688. The number of hydrogen-bond donors (Lipinski definition) is 2. The van der Waals surface area contributed by atoms with Crippen molar-refractivity contribution in [3.63, 3.8) is 0 Å². The molecule has 0 bridgehead atoms. The van der Waals surface area contributed by atoms with Crippen LogP contribution in [0.5, 0.6) is 0 Å². The largest absolute Gasteiger partial charge is 0.369 e. The van der Waals surface area contributed by atoms with Gasteiger partial charge in [-0.05, 0) is 18.2 Å². The quantitative estimate of drug-likeness (QED) is 0.712. The Hall–Kier alpha value is -2.63. The first-order valence-electron chi connectivity index (χ1n) is 5.49. The van der Waals surface area contributed by atoms with Crippen LogP contribution < -0.4 is 11.1 Å². The SMILES string of the molecule is Cn1c(N)nc2cc(Nc3cnccn3)ccc21. The van der Waals surface area contributed by atoms with E-state index < -0.39 is 0 Å². The minimum absolute atomic E-state index is 0.502. The molecule has 3 rings (SSSR count). The van der Waals surface area contributed by atoms with Gasteiger partial charge in [0.1, 0.15) is 5.82 Å². The molecule has 2 heterocycles. The van der Waals surface area contributed by atoms with Gasteiger partial charge in [-0.15, -0.1) is 0 Å². The zero-order chi connectivity index (χ0) is 12.5. The molecule has 3 N–H and O–H groups in total. The summed E-state index contributed by atoms with van der Waals surface area (Å²) < 4.78 is 1.85. The molecular formula is C12H12N6. The molecule has 0 amide bonds. The van der Waals surface area contributed by atoms with Crippen molar-refractivity contribution in [2.45, 2.75) is 0 Å². The van der Waals surface area contributed by atoms with Gasteiger partial charge >= 0.3 is 0 Å². The van der Waals surface area contributed by atoms with Gasteiger partial charge in [-0.1, -0.05) is 0 Å². The lowest BCUT2D eigenvalue weighted by Gasteiger charge is -2.04. The molecule has 6 heteroatoms. The fourth-order valence-corrected chi connectivity index (χ4v) is 1.81. The standard InChI is InChI=1S/C12H12N6/c1-18-10-3-2-8(6-9(10)17-12(18)13)16-11-7-14-4-5-15-11/h2-7H,1H3,(H2,13,17)(H,15,16). The molecule has 0 saturated heterocycles. The van der Waals surface area contributed by atoms with Gasteiger partial charge in [0.05, 0.1) is 17.2 Å². The van der Waals surface area contributed by atoms with E-state index in [0.717, 1.165) is 16.7 Å². The highest BCUT2D eigenvalue weighted by molar-refractivity contribution is 5.82. The molecule has 0 radical (unpaired) electrons. The lowest BCUT2D eigenvalue weighted by molar-refractivity contribution is 0.965. The number of benzene rings is 1. The second-order valence-corrected chi connectivity index (χ2v) is 3.95. The number of nitrogen functional groups attached to an aromatic ring is 1. The van der Waals surface area contributed by atoms with Crippen molar-refractivity contribution in [2.24, 2.45) is 7.05 Å². The molecule has 0 aliphatic heterocycles. The van der Waals surface area contributed by atoms with Crippen LogP contribution in [0.15, 0.2) is 36.8 Å². The highest BCUT2D eigenvalue weighted by Crippen LogP contribution is 2.22. The fourth-order valence-electron chi connectivity index (χ4n) is 1.81. The van der Waals surface area contributed by atoms with Crippen LogP contribution >= 0.6 is 0 Å². The van der Waals surface area contributed by atoms with Crippen molar-refractivity contribution in [3.8, 4) is 0 Å². The predicted octanol–water partition coefficient (Wildman–Crippen LogP) is 1.69. The minimum Gasteiger partial charge on any atom is -0.369 e. The molecule has 18 heavy (non-hydrogen) atoms. The van der Waals surface area contributed by atoms with Crippen molar-refractivity contribution in [1.29, 1.82) is 0 Å². The third-order valence-corrected chi connectivity index (χ3v) is 2.75. The molecular weight excluding hydrogens is 228 g/mol. The summed E-state index contributed by atoms with van der Waals surface area (Å²) in [6.07, 6.45) is 4.93. The first kappa shape index (κ1) is 10.5. The van der Waals surface area contributed by atoms with E-state index in [1.165, 1.54) is 0 Å². The number of aryl methyl sites for hydroxylation is 1. The van der Waals surface area contributed by atoms with Crippen LogP contribution in [0, 0.1) is 0 Å². The Balaban J connectivity index is 1.99. The second-order valence-electron chi connectivity index (χ2n) is 3.95. The Morgan fingerprint density at radius 1 is 1.28 bits per heavy atom. The number of nitrogens with zero attached hydrogens (tertiary/aromatic N) is 4. The normalized spacial score (nSPS) is 10.7. The molecule has 0 spiro atoms. The monoisotopic (exact) mass is 240 g/mol. The zero-order valence-electron chi connectivity index (χ0n) is 9.83. The van der Waals surface area contributed by atoms with Crippen LogP contribution in [0.4, 0.5) is 17.5 Å². The van der Waals surface area contributed by atoms with Crippen LogP contribution in [0.25, 0.3) is 11.0 Å². The third kappa shape index (κ3) is 1.73. The number of fused-ring (bicyclic) bond motifs is 1. The minimum atomic E-state index is 0.502. The smallest absolute Gasteiger partial charge is 0.200 e. The van der Waals surface area contributed by atoms with Crippen molar-refractivity contribution >= 4 is 28.5 Å². The molecule has 6 nitrogen and oxygen atoms in total. The summed E-state index contributed by atoms with van der Waals surface area (Å²) in [6, 6.07) is 5.86. The maximum absolute atomic E-state index is 5.76. The van der Waals surface area contributed by atoms with Crippen LogP contribution in [0.1, 0.15) is 0 Å². The number of rotatable bonds is 2. The predicted molar refractivity (Wildman–Crippen MR) is 70.4 cm³/mol. The molecule has 3 aromatic rings. The Morgan fingerprint density at radius 3 is 2.94 bits per heavy atom. The summed E-state index contributed by atoms with van der Waals surface area (Å²) >= 11 is 0. The van der Waals surface area contributed by atoms with E-state index in [1.54, 1.807) is 18.6 Å². The van der Waals surface area contributed by atoms with Gasteiger partial charge in [0.2, 0.25) is 5.95 Å². The van der Waals surface area contributed by atoms with Crippen molar-refractivity contribution in [2.75, 3.05) is 11.1 Å². The highest BCUT2D eigenvalue weighted by atomic mass is 15.1. The van der Waals surface area contributed by atoms with Gasteiger partial charge < -0.3 is 15.6 Å². The summed E-state index contributed by atoms with van der Waals surface area (Å²) in [5, 5.41) is 3.16. The van der Waals surface area contributed by atoms with E-state index >= 15 is 0 Å². The Morgan fingerprint density at radius 2 is 2.17 bits per heavy atom. The van der Waals surface area contributed by atoms with E-state index in [-0.39, 0.29) is 0 Å². The van der Waals surface area contributed by atoms with Gasteiger partial charge in [-0.25, -0.2) is 9.97 Å². The van der Waals surface area contributed by atoms with E-state index in [0.29, 0.717) is 11.8 Å². The zero-order valence-corrected chi connectivity index (χ0v) is 9.83. The topological polar surface area (TPSA) is 81.7 Å². The van der Waals surface area contributed by atoms with E-state index in [4.69, 9.17) is 5.73 Å². The van der Waals surface area contributed by atoms with E-state index in [9.17, 15) is 0 Å². The van der Waals surface area contributed by atoms with Gasteiger partial charge in [-0.2, -0.15) is 0 Å².